The van der Waals surface area contributed by atoms with Crippen molar-refractivity contribution in [3.05, 3.63) is 41.9 Å². The van der Waals surface area contributed by atoms with E-state index in [1.807, 2.05) is 19.0 Å². The third-order valence-electron chi connectivity index (χ3n) is 4.41. The van der Waals surface area contributed by atoms with Crippen LogP contribution < -0.4 is 14.4 Å². The normalized spacial score (nSPS) is 18.7. The molecule has 1 fully saturated rings. The van der Waals surface area contributed by atoms with Gasteiger partial charge in [0.1, 0.15) is 11.8 Å². The summed E-state index contributed by atoms with van der Waals surface area (Å²) in [6, 6.07) is 5.25. The molecule has 1 aromatic heterocycles. The van der Waals surface area contributed by atoms with Crippen molar-refractivity contribution in [3.63, 3.8) is 0 Å². The minimum Gasteiger partial charge on any atom is -0.454 e. The molecule has 26 heavy (non-hydrogen) atoms. The van der Waals surface area contributed by atoms with E-state index < -0.39 is 0 Å². The van der Waals surface area contributed by atoms with Crippen molar-refractivity contribution in [2.45, 2.75) is 6.10 Å². The average molecular weight is 356 g/mol. The van der Waals surface area contributed by atoms with E-state index in [4.69, 9.17) is 14.2 Å². The number of nitrogens with zero attached hydrogens (tertiary/aromatic N) is 4. The monoisotopic (exact) mass is 356 g/mol. The number of benzene rings is 1. The van der Waals surface area contributed by atoms with E-state index in [9.17, 15) is 4.79 Å². The van der Waals surface area contributed by atoms with Gasteiger partial charge in [-0.15, -0.1) is 0 Å². The number of amides is 1. The summed E-state index contributed by atoms with van der Waals surface area (Å²) in [5, 5.41) is 0. The van der Waals surface area contributed by atoms with Crippen LogP contribution in [0.4, 0.5) is 5.82 Å². The van der Waals surface area contributed by atoms with E-state index in [-0.39, 0.29) is 18.8 Å². The standard InChI is InChI=1S/C18H20N4O4/c1-21(2)17-16(19-5-6-20-17)15-10-22(7-8-24-15)18(23)12-3-4-13-14(9-12)26-11-25-13/h3-6,9,15H,7-8,10-11H2,1-2H3/t15-/m0/s1. The third kappa shape index (κ3) is 3.03. The maximum absolute atomic E-state index is 12.9. The van der Waals surface area contributed by atoms with Crippen molar-refractivity contribution in [3.8, 4) is 11.5 Å². The van der Waals surface area contributed by atoms with Crippen molar-refractivity contribution in [2.75, 3.05) is 45.5 Å². The molecule has 1 atom stereocenters. The van der Waals surface area contributed by atoms with Gasteiger partial charge in [-0.1, -0.05) is 0 Å². The molecule has 1 saturated heterocycles. The van der Waals surface area contributed by atoms with Crippen LogP contribution in [0.3, 0.4) is 0 Å². The number of anilines is 1. The van der Waals surface area contributed by atoms with Gasteiger partial charge in [-0.3, -0.25) is 9.78 Å². The van der Waals surface area contributed by atoms with Crippen LogP contribution in [0, 0.1) is 0 Å². The Bertz CT molecular complexity index is 827. The summed E-state index contributed by atoms with van der Waals surface area (Å²) in [7, 11) is 3.82. The summed E-state index contributed by atoms with van der Waals surface area (Å²) >= 11 is 0. The molecule has 2 aliphatic heterocycles. The second-order valence-corrected chi connectivity index (χ2v) is 6.34. The van der Waals surface area contributed by atoms with Crippen molar-refractivity contribution < 1.29 is 19.0 Å². The Morgan fingerprint density at radius 2 is 2.00 bits per heavy atom. The minimum absolute atomic E-state index is 0.0631. The highest BCUT2D eigenvalue weighted by atomic mass is 16.7. The maximum Gasteiger partial charge on any atom is 0.254 e. The van der Waals surface area contributed by atoms with Crippen LogP contribution in [0.5, 0.6) is 11.5 Å². The number of carbonyl (C=O) groups excluding carboxylic acids is 1. The topological polar surface area (TPSA) is 77.0 Å². The fourth-order valence-electron chi connectivity index (χ4n) is 3.12. The van der Waals surface area contributed by atoms with Crippen LogP contribution in [0.15, 0.2) is 30.6 Å². The molecule has 8 heteroatoms. The Balaban J connectivity index is 1.55. The Morgan fingerprint density at radius 3 is 2.85 bits per heavy atom. The molecule has 0 spiro atoms. The lowest BCUT2D eigenvalue weighted by atomic mass is 10.1. The molecule has 2 aliphatic rings. The van der Waals surface area contributed by atoms with E-state index in [1.54, 1.807) is 35.5 Å². The van der Waals surface area contributed by atoms with Gasteiger partial charge in [-0.25, -0.2) is 4.98 Å². The Hall–Kier alpha value is -2.87. The largest absolute Gasteiger partial charge is 0.454 e. The van der Waals surface area contributed by atoms with Gasteiger partial charge in [-0.05, 0) is 18.2 Å². The third-order valence-corrected chi connectivity index (χ3v) is 4.41. The Labute approximate surface area is 151 Å². The minimum atomic E-state index is -0.312. The van der Waals surface area contributed by atoms with Crippen LogP contribution in [-0.4, -0.2) is 61.4 Å². The molecule has 1 amide bonds. The molecule has 0 bridgehead atoms. The molecule has 4 rings (SSSR count). The zero-order chi connectivity index (χ0) is 18.1. The van der Waals surface area contributed by atoms with Crippen LogP contribution in [0.25, 0.3) is 0 Å². The smallest absolute Gasteiger partial charge is 0.254 e. The molecule has 136 valence electrons. The average Bonchev–Trinajstić information content (AvgIpc) is 3.15. The number of hydrogen-bond donors (Lipinski definition) is 0. The van der Waals surface area contributed by atoms with Crippen LogP contribution in [-0.2, 0) is 4.74 Å². The second kappa shape index (κ2) is 6.80. The lowest BCUT2D eigenvalue weighted by molar-refractivity contribution is -0.0246. The van der Waals surface area contributed by atoms with Crippen molar-refractivity contribution in [2.24, 2.45) is 0 Å². The summed E-state index contributed by atoms with van der Waals surface area (Å²) in [5.74, 6) is 1.95. The highest BCUT2D eigenvalue weighted by Crippen LogP contribution is 2.33. The maximum atomic E-state index is 12.9. The Kier molecular flexibility index (Phi) is 4.34. The Morgan fingerprint density at radius 1 is 1.19 bits per heavy atom. The zero-order valence-corrected chi connectivity index (χ0v) is 14.7. The number of aromatic nitrogens is 2. The first-order chi connectivity index (χ1) is 12.6. The fraction of sp³-hybridized carbons (Fsp3) is 0.389. The first-order valence-corrected chi connectivity index (χ1v) is 8.42. The van der Waals surface area contributed by atoms with Crippen molar-refractivity contribution in [1.82, 2.24) is 14.9 Å². The zero-order valence-electron chi connectivity index (χ0n) is 14.7. The van der Waals surface area contributed by atoms with E-state index in [2.05, 4.69) is 9.97 Å². The van der Waals surface area contributed by atoms with Gasteiger partial charge in [0.2, 0.25) is 6.79 Å². The van der Waals surface area contributed by atoms with Gasteiger partial charge in [0.15, 0.2) is 17.3 Å². The van der Waals surface area contributed by atoms with Gasteiger partial charge in [0.25, 0.3) is 5.91 Å². The first kappa shape index (κ1) is 16.6. The molecule has 2 aromatic rings. The number of morpholine rings is 1. The summed E-state index contributed by atoms with van der Waals surface area (Å²) in [6.07, 6.45) is 2.98. The predicted molar refractivity (Wildman–Crippen MR) is 93.5 cm³/mol. The molecular formula is C18H20N4O4. The molecule has 3 heterocycles. The lowest BCUT2D eigenvalue weighted by Gasteiger charge is -2.33. The first-order valence-electron chi connectivity index (χ1n) is 8.42. The summed E-state index contributed by atoms with van der Waals surface area (Å²) < 4.78 is 16.5. The molecule has 0 aliphatic carbocycles. The number of ether oxygens (including phenoxy) is 3. The van der Waals surface area contributed by atoms with Gasteiger partial charge >= 0.3 is 0 Å². The number of carbonyl (C=O) groups is 1. The van der Waals surface area contributed by atoms with Gasteiger partial charge in [0.05, 0.1) is 13.2 Å². The van der Waals surface area contributed by atoms with Gasteiger partial charge < -0.3 is 24.0 Å². The molecular weight excluding hydrogens is 336 g/mol. The van der Waals surface area contributed by atoms with Crippen molar-refractivity contribution in [1.29, 1.82) is 0 Å². The van der Waals surface area contributed by atoms with E-state index in [0.29, 0.717) is 36.8 Å². The van der Waals surface area contributed by atoms with Crippen LogP contribution in [0.1, 0.15) is 22.2 Å². The van der Waals surface area contributed by atoms with Crippen LogP contribution in [0.2, 0.25) is 0 Å². The summed E-state index contributed by atoms with van der Waals surface area (Å²) in [6.45, 7) is 1.59. The molecule has 8 nitrogen and oxygen atoms in total. The molecule has 0 unspecified atom stereocenters. The van der Waals surface area contributed by atoms with Gasteiger partial charge in [0, 0.05) is 38.6 Å². The molecule has 0 saturated carbocycles. The van der Waals surface area contributed by atoms with Crippen LogP contribution >= 0.6 is 0 Å². The highest BCUT2D eigenvalue weighted by molar-refractivity contribution is 5.95. The number of rotatable bonds is 3. The summed E-state index contributed by atoms with van der Waals surface area (Å²) in [5.41, 5.74) is 1.31. The second-order valence-electron chi connectivity index (χ2n) is 6.34. The summed E-state index contributed by atoms with van der Waals surface area (Å²) in [4.78, 5) is 25.4. The van der Waals surface area contributed by atoms with E-state index >= 15 is 0 Å². The quantitative estimate of drug-likeness (QED) is 0.824. The predicted octanol–water partition coefficient (Wildman–Crippen LogP) is 1.48. The highest BCUT2D eigenvalue weighted by Gasteiger charge is 2.30. The lowest BCUT2D eigenvalue weighted by Crippen LogP contribution is -2.42. The van der Waals surface area contributed by atoms with E-state index in [0.717, 1.165) is 11.5 Å². The molecule has 1 aromatic carbocycles. The fourth-order valence-corrected chi connectivity index (χ4v) is 3.12. The molecule has 0 radical (unpaired) electrons. The number of hydrogen-bond acceptors (Lipinski definition) is 7. The SMILES string of the molecule is CN(C)c1nccnc1[C@@H]1CN(C(=O)c2ccc3c(c2)OCO3)CCO1. The number of fused-ring (bicyclic) bond motifs is 1. The molecule has 0 N–H and O–H groups in total. The van der Waals surface area contributed by atoms with Gasteiger partial charge in [-0.2, -0.15) is 0 Å². The van der Waals surface area contributed by atoms with E-state index in [1.165, 1.54) is 0 Å². The van der Waals surface area contributed by atoms with Crippen molar-refractivity contribution >= 4 is 11.7 Å².